The van der Waals surface area contributed by atoms with Crippen LogP contribution >= 0.6 is 0 Å². The van der Waals surface area contributed by atoms with Gasteiger partial charge in [-0.15, -0.1) is 0 Å². The third kappa shape index (κ3) is 2.45. The van der Waals surface area contributed by atoms with Crippen molar-refractivity contribution in [3.63, 3.8) is 0 Å². The van der Waals surface area contributed by atoms with Crippen molar-refractivity contribution in [1.29, 1.82) is 0 Å². The predicted molar refractivity (Wildman–Crippen MR) is 39.3 cm³/mol. The Kier molecular flexibility index (Phi) is 3.21. The van der Waals surface area contributed by atoms with Crippen LogP contribution in [0.2, 0.25) is 0 Å². The maximum absolute atomic E-state index is 11.0. The molecule has 0 aromatic rings. The Hall–Kier alpha value is -0.590. The van der Waals surface area contributed by atoms with Crippen LogP contribution < -0.4 is 0 Å². The van der Waals surface area contributed by atoms with Crippen LogP contribution in [0.3, 0.4) is 0 Å². The average Bonchev–Trinajstić information content (AvgIpc) is 1.84. The van der Waals surface area contributed by atoms with Gasteiger partial charge in [0.25, 0.3) is 0 Å². The second-order valence-corrected chi connectivity index (χ2v) is 2.45. The molecule has 0 radical (unpaired) electrons. The minimum atomic E-state index is 0.155. The van der Waals surface area contributed by atoms with E-state index < -0.39 is 0 Å². The van der Waals surface area contributed by atoms with Crippen LogP contribution in [0.15, 0.2) is 12.2 Å². The standard InChI is InChI=1S/C8H14O/c1-5-7(4)8(9)6(2)3/h7H,2,5H2,1,3-4H3/t7-/m1/s1. The van der Waals surface area contributed by atoms with Crippen LogP contribution in [-0.4, -0.2) is 5.78 Å². The van der Waals surface area contributed by atoms with E-state index in [1.54, 1.807) is 6.92 Å². The predicted octanol–water partition coefficient (Wildman–Crippen LogP) is 2.18. The smallest absolute Gasteiger partial charge is 0.160 e. The Morgan fingerprint density at radius 1 is 1.67 bits per heavy atom. The van der Waals surface area contributed by atoms with Gasteiger partial charge in [-0.2, -0.15) is 0 Å². The Morgan fingerprint density at radius 3 is 2.22 bits per heavy atom. The van der Waals surface area contributed by atoms with Gasteiger partial charge >= 0.3 is 0 Å². The van der Waals surface area contributed by atoms with Crippen molar-refractivity contribution in [2.24, 2.45) is 5.92 Å². The summed E-state index contributed by atoms with van der Waals surface area (Å²) >= 11 is 0. The molecule has 0 fully saturated rings. The molecule has 0 rings (SSSR count). The van der Waals surface area contributed by atoms with Gasteiger partial charge in [-0.05, 0) is 18.9 Å². The summed E-state index contributed by atoms with van der Waals surface area (Å²) in [4.78, 5) is 11.0. The van der Waals surface area contributed by atoms with Crippen molar-refractivity contribution in [3.05, 3.63) is 12.2 Å². The number of Topliss-reactive ketones (excluding diaryl/α,β-unsaturated/α-hetero) is 1. The molecule has 1 nitrogen and oxygen atoms in total. The lowest BCUT2D eigenvalue weighted by Crippen LogP contribution is -2.09. The molecule has 9 heavy (non-hydrogen) atoms. The summed E-state index contributed by atoms with van der Waals surface area (Å²) in [5.74, 6) is 0.347. The molecule has 0 aliphatic heterocycles. The second kappa shape index (κ2) is 3.44. The van der Waals surface area contributed by atoms with Gasteiger partial charge in [-0.3, -0.25) is 4.79 Å². The highest BCUT2D eigenvalue weighted by atomic mass is 16.1. The molecule has 52 valence electrons. The molecule has 0 aromatic carbocycles. The maximum Gasteiger partial charge on any atom is 0.160 e. The SMILES string of the molecule is C=C(C)C(=O)[C@H](C)CC. The fraction of sp³-hybridized carbons (Fsp3) is 0.625. The largest absolute Gasteiger partial charge is 0.294 e. The highest BCUT2D eigenvalue weighted by Gasteiger charge is 2.09. The summed E-state index contributed by atoms with van der Waals surface area (Å²) in [6, 6.07) is 0. The first-order chi connectivity index (χ1) is 4.09. The third-order valence-corrected chi connectivity index (χ3v) is 1.48. The van der Waals surface area contributed by atoms with Crippen LogP contribution in [0, 0.1) is 5.92 Å². The highest BCUT2D eigenvalue weighted by Crippen LogP contribution is 2.06. The number of allylic oxidation sites excluding steroid dienone is 1. The first kappa shape index (κ1) is 8.41. The van der Waals surface area contributed by atoms with E-state index in [4.69, 9.17) is 0 Å². The number of ketones is 1. The summed E-state index contributed by atoms with van der Waals surface area (Å²) < 4.78 is 0. The molecule has 0 spiro atoms. The minimum Gasteiger partial charge on any atom is -0.294 e. The molecule has 0 bridgehead atoms. The van der Waals surface area contributed by atoms with E-state index in [2.05, 4.69) is 6.58 Å². The van der Waals surface area contributed by atoms with Gasteiger partial charge in [-0.25, -0.2) is 0 Å². The van der Waals surface area contributed by atoms with Gasteiger partial charge < -0.3 is 0 Å². The fourth-order valence-corrected chi connectivity index (χ4v) is 0.606. The summed E-state index contributed by atoms with van der Waals surface area (Å²) in [6.07, 6.45) is 0.908. The highest BCUT2D eigenvalue weighted by molar-refractivity contribution is 5.95. The monoisotopic (exact) mass is 126 g/mol. The normalized spacial score (nSPS) is 12.8. The molecule has 0 amide bonds. The number of hydrogen-bond donors (Lipinski definition) is 0. The van der Waals surface area contributed by atoms with Crippen molar-refractivity contribution in [3.8, 4) is 0 Å². The zero-order chi connectivity index (χ0) is 7.44. The van der Waals surface area contributed by atoms with Crippen molar-refractivity contribution < 1.29 is 4.79 Å². The van der Waals surface area contributed by atoms with E-state index in [-0.39, 0.29) is 11.7 Å². The summed E-state index contributed by atoms with van der Waals surface area (Å²) in [5.41, 5.74) is 0.671. The second-order valence-electron chi connectivity index (χ2n) is 2.45. The molecule has 0 aromatic heterocycles. The van der Waals surface area contributed by atoms with Crippen LogP contribution in [-0.2, 0) is 4.79 Å². The topological polar surface area (TPSA) is 17.1 Å². The molecule has 0 aliphatic rings. The fourth-order valence-electron chi connectivity index (χ4n) is 0.606. The Labute approximate surface area is 56.8 Å². The summed E-state index contributed by atoms with van der Waals surface area (Å²) in [5, 5.41) is 0. The van der Waals surface area contributed by atoms with E-state index >= 15 is 0 Å². The molecule has 0 saturated heterocycles. The van der Waals surface area contributed by atoms with Crippen molar-refractivity contribution in [2.45, 2.75) is 27.2 Å². The number of hydrogen-bond acceptors (Lipinski definition) is 1. The number of rotatable bonds is 3. The molecule has 0 unspecified atom stereocenters. The van der Waals surface area contributed by atoms with Gasteiger partial charge in [0.1, 0.15) is 0 Å². The van der Waals surface area contributed by atoms with Crippen LogP contribution in [0.25, 0.3) is 0 Å². The van der Waals surface area contributed by atoms with Crippen LogP contribution in [0.1, 0.15) is 27.2 Å². The number of carbonyl (C=O) groups excluding carboxylic acids is 1. The molecular weight excluding hydrogens is 112 g/mol. The van der Waals surface area contributed by atoms with E-state index in [0.717, 1.165) is 6.42 Å². The minimum absolute atomic E-state index is 0.155. The molecule has 0 aliphatic carbocycles. The van der Waals surface area contributed by atoms with E-state index in [9.17, 15) is 4.79 Å². The Bertz CT molecular complexity index is 125. The molecule has 0 N–H and O–H groups in total. The molecule has 0 saturated carbocycles. The van der Waals surface area contributed by atoms with Gasteiger partial charge in [0.2, 0.25) is 0 Å². The lowest BCUT2D eigenvalue weighted by atomic mass is 9.99. The van der Waals surface area contributed by atoms with E-state index in [1.807, 2.05) is 13.8 Å². The zero-order valence-electron chi connectivity index (χ0n) is 6.40. The molecular formula is C8H14O. The summed E-state index contributed by atoms with van der Waals surface area (Å²) in [6.45, 7) is 9.27. The van der Waals surface area contributed by atoms with Crippen LogP contribution in [0.5, 0.6) is 0 Å². The number of carbonyl (C=O) groups is 1. The quantitative estimate of drug-likeness (QED) is 0.530. The average molecular weight is 126 g/mol. The lowest BCUT2D eigenvalue weighted by molar-refractivity contribution is -0.118. The third-order valence-electron chi connectivity index (χ3n) is 1.48. The van der Waals surface area contributed by atoms with Crippen molar-refractivity contribution in [2.75, 3.05) is 0 Å². The lowest BCUT2D eigenvalue weighted by Gasteiger charge is -2.04. The van der Waals surface area contributed by atoms with Gasteiger partial charge in [-0.1, -0.05) is 20.4 Å². The van der Waals surface area contributed by atoms with Gasteiger partial charge in [0, 0.05) is 5.92 Å². The van der Waals surface area contributed by atoms with Crippen molar-refractivity contribution >= 4 is 5.78 Å². The Morgan fingerprint density at radius 2 is 2.11 bits per heavy atom. The molecule has 1 heteroatoms. The van der Waals surface area contributed by atoms with Crippen LogP contribution in [0.4, 0.5) is 0 Å². The molecule has 1 atom stereocenters. The maximum atomic E-state index is 11.0. The first-order valence-corrected chi connectivity index (χ1v) is 3.29. The van der Waals surface area contributed by atoms with E-state index in [1.165, 1.54) is 0 Å². The summed E-state index contributed by atoms with van der Waals surface area (Å²) in [7, 11) is 0. The van der Waals surface area contributed by atoms with Gasteiger partial charge in [0.05, 0.1) is 0 Å². The zero-order valence-corrected chi connectivity index (χ0v) is 6.40. The Balaban J connectivity index is 3.88. The van der Waals surface area contributed by atoms with E-state index in [0.29, 0.717) is 5.57 Å². The first-order valence-electron chi connectivity index (χ1n) is 3.29. The van der Waals surface area contributed by atoms with Crippen molar-refractivity contribution in [1.82, 2.24) is 0 Å². The van der Waals surface area contributed by atoms with Gasteiger partial charge in [0.15, 0.2) is 5.78 Å². The molecule has 0 heterocycles.